The van der Waals surface area contributed by atoms with Crippen molar-refractivity contribution in [1.29, 1.82) is 0 Å². The van der Waals surface area contributed by atoms with E-state index in [4.69, 9.17) is 10.3 Å². The van der Waals surface area contributed by atoms with Crippen LogP contribution in [0.5, 0.6) is 0 Å². The first kappa shape index (κ1) is 14.8. The molecule has 0 amide bonds. The molecule has 0 atom stereocenters. The van der Waals surface area contributed by atoms with Gasteiger partial charge in [0.05, 0.1) is 6.54 Å². The molecule has 0 aliphatic heterocycles. The average Bonchev–Trinajstić information content (AvgIpc) is 3.07. The molecule has 3 aromatic rings. The van der Waals surface area contributed by atoms with Crippen LogP contribution in [0.4, 0.5) is 5.82 Å². The van der Waals surface area contributed by atoms with Gasteiger partial charge >= 0.3 is 0 Å². The molecular formula is C17H18N6O. The molecule has 3 N–H and O–H groups in total. The predicted octanol–water partition coefficient (Wildman–Crippen LogP) is 2.34. The first-order valence-electron chi connectivity index (χ1n) is 7.95. The minimum Gasteiger partial charge on any atom is -0.363 e. The molecule has 0 radical (unpaired) electrons. The van der Waals surface area contributed by atoms with E-state index in [2.05, 4.69) is 25.4 Å². The van der Waals surface area contributed by atoms with Crippen molar-refractivity contribution in [3.8, 4) is 11.3 Å². The summed E-state index contributed by atoms with van der Waals surface area (Å²) in [7, 11) is 0. The SMILES string of the molecule is NC1CC(c2cc(NCc3cc(-c4cccnc4)no3)ncn2)C1. The van der Waals surface area contributed by atoms with Gasteiger partial charge < -0.3 is 15.6 Å². The highest BCUT2D eigenvalue weighted by Crippen LogP contribution is 2.34. The Morgan fingerprint density at radius 1 is 1.25 bits per heavy atom. The standard InChI is InChI=1S/C17H18N6O/c18-13-4-12(5-13)15-7-17(22-10-21-15)20-9-14-6-16(23-24-14)11-2-1-3-19-8-11/h1-3,6-8,10,12-13H,4-5,9,18H2,(H,20,21,22). The van der Waals surface area contributed by atoms with Gasteiger partial charge in [-0.1, -0.05) is 5.16 Å². The zero-order valence-electron chi connectivity index (χ0n) is 13.1. The van der Waals surface area contributed by atoms with Crippen LogP contribution >= 0.6 is 0 Å². The second-order valence-electron chi connectivity index (χ2n) is 6.03. The van der Waals surface area contributed by atoms with E-state index in [1.807, 2.05) is 24.3 Å². The number of pyridine rings is 1. The van der Waals surface area contributed by atoms with Crippen molar-refractivity contribution in [2.24, 2.45) is 5.73 Å². The Balaban J connectivity index is 1.40. The van der Waals surface area contributed by atoms with Crippen molar-refractivity contribution in [2.45, 2.75) is 31.3 Å². The van der Waals surface area contributed by atoms with Crippen LogP contribution < -0.4 is 11.1 Å². The molecule has 4 rings (SSSR count). The summed E-state index contributed by atoms with van der Waals surface area (Å²) in [4.78, 5) is 12.7. The van der Waals surface area contributed by atoms with Crippen LogP contribution in [0.1, 0.15) is 30.2 Å². The Labute approximate surface area is 139 Å². The summed E-state index contributed by atoms with van der Waals surface area (Å²) >= 11 is 0. The van der Waals surface area contributed by atoms with Gasteiger partial charge in [-0.05, 0) is 25.0 Å². The third-order valence-electron chi connectivity index (χ3n) is 4.24. The third kappa shape index (κ3) is 3.11. The fourth-order valence-electron chi connectivity index (χ4n) is 2.82. The second kappa shape index (κ2) is 6.37. The van der Waals surface area contributed by atoms with E-state index in [1.165, 1.54) is 0 Å². The number of nitrogens with two attached hydrogens (primary N) is 1. The van der Waals surface area contributed by atoms with Crippen LogP contribution in [0.25, 0.3) is 11.3 Å². The molecule has 0 bridgehead atoms. The molecule has 1 aliphatic rings. The van der Waals surface area contributed by atoms with Gasteiger partial charge in [-0.15, -0.1) is 0 Å². The quantitative estimate of drug-likeness (QED) is 0.743. The van der Waals surface area contributed by atoms with E-state index in [0.29, 0.717) is 18.5 Å². The maximum absolute atomic E-state index is 5.85. The Morgan fingerprint density at radius 3 is 2.96 bits per heavy atom. The van der Waals surface area contributed by atoms with Crippen LogP contribution in [-0.4, -0.2) is 26.2 Å². The molecule has 0 unspecified atom stereocenters. The van der Waals surface area contributed by atoms with Crippen molar-refractivity contribution in [1.82, 2.24) is 20.1 Å². The highest BCUT2D eigenvalue weighted by molar-refractivity contribution is 5.57. The number of nitrogens with zero attached hydrogens (tertiary/aromatic N) is 4. The second-order valence-corrected chi connectivity index (χ2v) is 6.03. The molecule has 122 valence electrons. The normalized spacial score (nSPS) is 19.7. The van der Waals surface area contributed by atoms with Gasteiger partial charge in [0, 0.05) is 47.7 Å². The summed E-state index contributed by atoms with van der Waals surface area (Å²) in [6.45, 7) is 0.508. The van der Waals surface area contributed by atoms with E-state index in [0.717, 1.165) is 41.4 Å². The Morgan fingerprint density at radius 2 is 2.17 bits per heavy atom. The zero-order valence-corrected chi connectivity index (χ0v) is 13.1. The van der Waals surface area contributed by atoms with Crippen LogP contribution in [0.3, 0.4) is 0 Å². The number of hydrogen-bond acceptors (Lipinski definition) is 7. The van der Waals surface area contributed by atoms with Crippen LogP contribution in [0, 0.1) is 0 Å². The molecule has 3 heterocycles. The van der Waals surface area contributed by atoms with E-state index in [-0.39, 0.29) is 0 Å². The van der Waals surface area contributed by atoms with Gasteiger partial charge in [-0.25, -0.2) is 9.97 Å². The lowest BCUT2D eigenvalue weighted by Gasteiger charge is -2.31. The van der Waals surface area contributed by atoms with Crippen molar-refractivity contribution < 1.29 is 4.52 Å². The lowest BCUT2D eigenvalue weighted by atomic mass is 9.79. The highest BCUT2D eigenvalue weighted by Gasteiger charge is 2.28. The maximum Gasteiger partial charge on any atom is 0.156 e. The van der Waals surface area contributed by atoms with Gasteiger partial charge in [0.15, 0.2) is 5.76 Å². The van der Waals surface area contributed by atoms with Crippen molar-refractivity contribution in [3.63, 3.8) is 0 Å². The number of hydrogen-bond donors (Lipinski definition) is 2. The number of aromatic nitrogens is 4. The molecule has 3 aromatic heterocycles. The van der Waals surface area contributed by atoms with E-state index >= 15 is 0 Å². The van der Waals surface area contributed by atoms with Gasteiger partial charge in [-0.3, -0.25) is 4.98 Å². The summed E-state index contributed by atoms with van der Waals surface area (Å²) in [5.41, 5.74) is 8.59. The minimum atomic E-state index is 0.307. The number of rotatable bonds is 5. The number of nitrogens with one attached hydrogen (secondary N) is 1. The number of anilines is 1. The molecule has 0 aromatic carbocycles. The molecule has 1 aliphatic carbocycles. The minimum absolute atomic E-state index is 0.307. The topological polar surface area (TPSA) is 103 Å². The van der Waals surface area contributed by atoms with Crippen molar-refractivity contribution in [2.75, 3.05) is 5.32 Å². The van der Waals surface area contributed by atoms with Gasteiger partial charge in [0.2, 0.25) is 0 Å². The Bertz CT molecular complexity index is 813. The molecule has 24 heavy (non-hydrogen) atoms. The van der Waals surface area contributed by atoms with Crippen molar-refractivity contribution >= 4 is 5.82 Å². The first-order valence-corrected chi connectivity index (χ1v) is 7.95. The van der Waals surface area contributed by atoms with Crippen molar-refractivity contribution in [3.05, 3.63) is 54.4 Å². The summed E-state index contributed by atoms with van der Waals surface area (Å²) < 4.78 is 5.36. The summed E-state index contributed by atoms with van der Waals surface area (Å²) in [6, 6.07) is 8.01. The molecule has 0 saturated heterocycles. The molecule has 1 fully saturated rings. The smallest absolute Gasteiger partial charge is 0.156 e. The lowest BCUT2D eigenvalue weighted by molar-refractivity contribution is 0.345. The molecule has 1 saturated carbocycles. The fraction of sp³-hybridized carbons (Fsp3) is 0.294. The van der Waals surface area contributed by atoms with Crippen LogP contribution in [0.2, 0.25) is 0 Å². The predicted molar refractivity (Wildman–Crippen MR) is 89.0 cm³/mol. The summed E-state index contributed by atoms with van der Waals surface area (Å²) in [5, 5.41) is 7.32. The Hall–Kier alpha value is -2.80. The average molecular weight is 322 g/mol. The highest BCUT2D eigenvalue weighted by atomic mass is 16.5. The lowest BCUT2D eigenvalue weighted by Crippen LogP contribution is -2.35. The molecular weight excluding hydrogens is 304 g/mol. The summed E-state index contributed by atoms with van der Waals surface area (Å²) in [6.07, 6.45) is 7.06. The first-order chi connectivity index (χ1) is 11.8. The van der Waals surface area contributed by atoms with E-state index < -0.39 is 0 Å². The monoisotopic (exact) mass is 322 g/mol. The van der Waals surface area contributed by atoms with E-state index in [9.17, 15) is 0 Å². The third-order valence-corrected chi connectivity index (χ3v) is 4.24. The Kier molecular flexibility index (Phi) is 3.92. The molecule has 7 nitrogen and oxygen atoms in total. The van der Waals surface area contributed by atoms with Gasteiger partial charge in [0.1, 0.15) is 17.8 Å². The molecule has 7 heteroatoms. The summed E-state index contributed by atoms with van der Waals surface area (Å²) in [5.74, 6) is 1.96. The van der Waals surface area contributed by atoms with Gasteiger partial charge in [0.25, 0.3) is 0 Å². The molecule has 0 spiro atoms. The van der Waals surface area contributed by atoms with Crippen LogP contribution in [-0.2, 0) is 6.54 Å². The van der Waals surface area contributed by atoms with Gasteiger partial charge in [-0.2, -0.15) is 0 Å². The zero-order chi connectivity index (χ0) is 16.4. The fourth-order valence-corrected chi connectivity index (χ4v) is 2.82. The van der Waals surface area contributed by atoms with Crippen LogP contribution in [0.15, 0.2) is 47.5 Å². The largest absolute Gasteiger partial charge is 0.363 e. The maximum atomic E-state index is 5.85. The van der Waals surface area contributed by atoms with E-state index in [1.54, 1.807) is 18.7 Å².